The average molecular weight is 234 g/mol. The molecule has 1 heterocycles. The molecule has 0 aliphatic carbocycles. The Balaban J connectivity index is 2.15. The molecule has 2 aromatic rings. The summed E-state index contributed by atoms with van der Waals surface area (Å²) in [6, 6.07) is 17.9. The minimum atomic E-state index is -0.298. The van der Waals surface area contributed by atoms with Crippen LogP contribution in [0.4, 0.5) is 0 Å². The van der Waals surface area contributed by atoms with E-state index in [2.05, 4.69) is 10.2 Å². The number of rotatable bonds is 2. The summed E-state index contributed by atoms with van der Waals surface area (Å²) in [5.41, 5.74) is 3.71. The van der Waals surface area contributed by atoms with Gasteiger partial charge in [0.1, 0.15) is 0 Å². The topological polar surface area (TPSA) is 41.8 Å². The van der Waals surface area contributed by atoms with E-state index in [1.165, 1.54) is 6.08 Å². The van der Waals surface area contributed by atoms with Crippen molar-refractivity contribution in [2.75, 3.05) is 0 Å². The Hall–Kier alpha value is -2.55. The molecule has 0 aromatic heterocycles. The van der Waals surface area contributed by atoms with Crippen LogP contribution in [0.3, 0.4) is 0 Å². The van der Waals surface area contributed by atoms with Crippen molar-refractivity contribution in [3.8, 4) is 11.1 Å². The van der Waals surface area contributed by atoms with E-state index < -0.39 is 0 Å². The Morgan fingerprint density at radius 3 is 2.06 bits per heavy atom. The van der Waals surface area contributed by atoms with Crippen LogP contribution in [0.25, 0.3) is 16.8 Å². The van der Waals surface area contributed by atoms with Crippen molar-refractivity contribution >= 4 is 11.6 Å². The minimum Gasteiger partial charge on any atom is -0.266 e. The predicted octanol–water partition coefficient (Wildman–Crippen LogP) is 3.69. The summed E-state index contributed by atoms with van der Waals surface area (Å²) >= 11 is 0. The van der Waals surface area contributed by atoms with Crippen LogP contribution in [0.15, 0.2) is 70.9 Å². The molecule has 18 heavy (non-hydrogen) atoms. The standard InChI is InChI=1S/C15H10N2O/c18-15-10-14(16-17-15)13-9-5-4-8-12(13)11-6-2-1-3-7-11/h1-10H. The van der Waals surface area contributed by atoms with Gasteiger partial charge in [-0.1, -0.05) is 54.6 Å². The van der Waals surface area contributed by atoms with Crippen LogP contribution in [-0.4, -0.2) is 5.91 Å². The molecule has 0 unspecified atom stereocenters. The van der Waals surface area contributed by atoms with Gasteiger partial charge in [-0.2, -0.15) is 0 Å². The van der Waals surface area contributed by atoms with Crippen LogP contribution in [0.1, 0.15) is 5.56 Å². The van der Waals surface area contributed by atoms with E-state index in [0.717, 1.165) is 16.7 Å². The lowest BCUT2D eigenvalue weighted by Crippen LogP contribution is -1.87. The summed E-state index contributed by atoms with van der Waals surface area (Å²) < 4.78 is 0. The van der Waals surface area contributed by atoms with E-state index >= 15 is 0 Å². The molecule has 0 saturated carbocycles. The molecule has 3 nitrogen and oxygen atoms in total. The molecule has 3 rings (SSSR count). The lowest BCUT2D eigenvalue weighted by Gasteiger charge is -2.07. The molecule has 0 spiro atoms. The molecule has 1 amide bonds. The smallest absolute Gasteiger partial charge is 0.266 e. The van der Waals surface area contributed by atoms with E-state index in [-0.39, 0.29) is 5.91 Å². The SMILES string of the molecule is O=C1C=C(c2ccccc2-c2ccccc2)N=N1. The molecule has 2 aromatic carbocycles. The number of hydrogen-bond acceptors (Lipinski definition) is 2. The molecule has 3 heteroatoms. The summed E-state index contributed by atoms with van der Waals surface area (Å²) in [5, 5.41) is 7.43. The molecule has 0 atom stereocenters. The third kappa shape index (κ3) is 1.86. The number of carbonyl (C=O) groups is 1. The Kier molecular flexibility index (Phi) is 2.57. The fraction of sp³-hybridized carbons (Fsp3) is 0. The van der Waals surface area contributed by atoms with E-state index in [9.17, 15) is 4.79 Å². The van der Waals surface area contributed by atoms with Crippen molar-refractivity contribution in [2.45, 2.75) is 0 Å². The highest BCUT2D eigenvalue weighted by Gasteiger charge is 2.14. The molecule has 0 radical (unpaired) electrons. The van der Waals surface area contributed by atoms with Gasteiger partial charge in [-0.05, 0) is 11.1 Å². The molecule has 0 N–H and O–H groups in total. The zero-order valence-corrected chi connectivity index (χ0v) is 9.58. The summed E-state index contributed by atoms with van der Waals surface area (Å²) in [7, 11) is 0. The van der Waals surface area contributed by atoms with E-state index in [4.69, 9.17) is 0 Å². The Labute approximate surface area is 104 Å². The highest BCUT2D eigenvalue weighted by Crippen LogP contribution is 2.31. The number of benzene rings is 2. The molecule has 0 saturated heterocycles. The lowest BCUT2D eigenvalue weighted by molar-refractivity contribution is -0.113. The first kappa shape index (κ1) is 10.6. The third-order valence-corrected chi connectivity index (χ3v) is 2.80. The van der Waals surface area contributed by atoms with Crippen LogP contribution in [0, 0.1) is 0 Å². The second kappa shape index (κ2) is 4.37. The van der Waals surface area contributed by atoms with Gasteiger partial charge in [0.05, 0.1) is 5.70 Å². The monoisotopic (exact) mass is 234 g/mol. The van der Waals surface area contributed by atoms with Crippen molar-refractivity contribution in [3.05, 3.63) is 66.2 Å². The first-order chi connectivity index (χ1) is 8.84. The first-order valence-electron chi connectivity index (χ1n) is 5.67. The van der Waals surface area contributed by atoms with Gasteiger partial charge in [0.15, 0.2) is 0 Å². The molecule has 0 bridgehead atoms. The zero-order valence-electron chi connectivity index (χ0n) is 9.58. The largest absolute Gasteiger partial charge is 0.290 e. The normalized spacial score (nSPS) is 13.8. The van der Waals surface area contributed by atoms with Crippen molar-refractivity contribution in [1.82, 2.24) is 0 Å². The van der Waals surface area contributed by atoms with Gasteiger partial charge >= 0.3 is 0 Å². The Morgan fingerprint density at radius 1 is 0.722 bits per heavy atom. The zero-order chi connectivity index (χ0) is 12.4. The van der Waals surface area contributed by atoms with Crippen LogP contribution in [0.2, 0.25) is 0 Å². The van der Waals surface area contributed by atoms with Gasteiger partial charge in [-0.15, -0.1) is 10.2 Å². The lowest BCUT2D eigenvalue weighted by atomic mass is 9.98. The van der Waals surface area contributed by atoms with Crippen molar-refractivity contribution in [1.29, 1.82) is 0 Å². The Bertz CT molecular complexity index is 657. The average Bonchev–Trinajstić information content (AvgIpc) is 2.86. The van der Waals surface area contributed by atoms with Crippen molar-refractivity contribution in [3.63, 3.8) is 0 Å². The molecule has 1 aliphatic heterocycles. The highest BCUT2D eigenvalue weighted by molar-refractivity contribution is 6.00. The molecule has 0 fully saturated rings. The fourth-order valence-corrected chi connectivity index (χ4v) is 1.99. The van der Waals surface area contributed by atoms with Gasteiger partial charge < -0.3 is 0 Å². The summed E-state index contributed by atoms with van der Waals surface area (Å²) in [6.07, 6.45) is 1.46. The molecule has 86 valence electrons. The van der Waals surface area contributed by atoms with Gasteiger partial charge in [0, 0.05) is 11.6 Å². The number of carbonyl (C=O) groups excluding carboxylic acids is 1. The Morgan fingerprint density at radius 2 is 1.39 bits per heavy atom. The van der Waals surface area contributed by atoms with Crippen LogP contribution in [-0.2, 0) is 4.79 Å². The number of hydrogen-bond donors (Lipinski definition) is 0. The second-order valence-electron chi connectivity index (χ2n) is 3.98. The van der Waals surface area contributed by atoms with Gasteiger partial charge in [-0.3, -0.25) is 4.79 Å². The van der Waals surface area contributed by atoms with E-state index in [1.807, 2.05) is 54.6 Å². The maximum atomic E-state index is 11.1. The maximum absolute atomic E-state index is 11.1. The summed E-state index contributed by atoms with van der Waals surface area (Å²) in [6.45, 7) is 0. The van der Waals surface area contributed by atoms with Crippen LogP contribution < -0.4 is 0 Å². The van der Waals surface area contributed by atoms with Gasteiger partial charge in [0.25, 0.3) is 5.91 Å². The maximum Gasteiger partial charge on any atom is 0.290 e. The highest BCUT2D eigenvalue weighted by atomic mass is 16.1. The number of azo groups is 1. The van der Waals surface area contributed by atoms with E-state index in [0.29, 0.717) is 5.70 Å². The third-order valence-electron chi connectivity index (χ3n) is 2.80. The second-order valence-corrected chi connectivity index (χ2v) is 3.98. The van der Waals surface area contributed by atoms with Crippen LogP contribution in [0.5, 0.6) is 0 Å². The van der Waals surface area contributed by atoms with Gasteiger partial charge in [0.2, 0.25) is 0 Å². The number of nitrogens with zero attached hydrogens (tertiary/aromatic N) is 2. The van der Waals surface area contributed by atoms with E-state index in [1.54, 1.807) is 0 Å². The van der Waals surface area contributed by atoms with Crippen molar-refractivity contribution < 1.29 is 4.79 Å². The number of amides is 1. The summed E-state index contributed by atoms with van der Waals surface area (Å²) in [5.74, 6) is -0.298. The fourth-order valence-electron chi connectivity index (χ4n) is 1.99. The van der Waals surface area contributed by atoms with Gasteiger partial charge in [-0.25, -0.2) is 0 Å². The minimum absolute atomic E-state index is 0.298. The molecular formula is C15H10N2O. The van der Waals surface area contributed by atoms with Crippen molar-refractivity contribution in [2.24, 2.45) is 10.2 Å². The first-order valence-corrected chi connectivity index (χ1v) is 5.67. The quantitative estimate of drug-likeness (QED) is 0.781. The predicted molar refractivity (Wildman–Crippen MR) is 69.7 cm³/mol. The van der Waals surface area contributed by atoms with Crippen LogP contribution >= 0.6 is 0 Å². The molecular weight excluding hydrogens is 224 g/mol. The summed E-state index contributed by atoms with van der Waals surface area (Å²) in [4.78, 5) is 11.1. The molecule has 1 aliphatic rings.